The average Bonchev–Trinajstić information content (AvgIpc) is 2.26. The average molecular weight is 253 g/mol. The molecule has 6 heteroatoms. The van der Waals surface area contributed by atoms with Crippen LogP contribution in [0.4, 0.5) is 11.5 Å². The minimum atomic E-state index is -0.884. The van der Waals surface area contributed by atoms with Crippen molar-refractivity contribution < 1.29 is 9.00 Å². The van der Waals surface area contributed by atoms with Crippen LogP contribution in [-0.2, 0) is 15.6 Å². The number of amides is 1. The van der Waals surface area contributed by atoms with Crippen molar-refractivity contribution in [3.05, 3.63) is 17.8 Å². The number of nitrogens with one attached hydrogen (secondary N) is 2. The molecule has 2 rings (SSSR count). The molecule has 2 unspecified atom stereocenters. The van der Waals surface area contributed by atoms with E-state index in [-0.39, 0.29) is 11.9 Å². The Morgan fingerprint density at radius 1 is 1.53 bits per heavy atom. The number of carbonyl (C=O) groups excluding carboxylic acids is 1. The zero-order valence-corrected chi connectivity index (χ0v) is 10.6. The SMILES string of the molecule is Cc1cnc2c(c1)NC(=O)C(CCS(C)=O)N2. The molecule has 0 radical (unpaired) electrons. The second-order valence-corrected chi connectivity index (χ2v) is 5.72. The fourth-order valence-electron chi connectivity index (χ4n) is 1.72. The third kappa shape index (κ3) is 2.82. The molecule has 2 heterocycles. The van der Waals surface area contributed by atoms with Crippen LogP contribution in [0.25, 0.3) is 0 Å². The maximum absolute atomic E-state index is 11.8. The smallest absolute Gasteiger partial charge is 0.247 e. The van der Waals surface area contributed by atoms with Crippen molar-refractivity contribution in [3.63, 3.8) is 0 Å². The number of pyridine rings is 1. The first-order valence-corrected chi connectivity index (χ1v) is 7.13. The third-order valence-corrected chi connectivity index (χ3v) is 3.41. The minimum Gasteiger partial charge on any atom is -0.357 e. The maximum atomic E-state index is 11.8. The number of hydrogen-bond acceptors (Lipinski definition) is 4. The van der Waals surface area contributed by atoms with Crippen molar-refractivity contribution in [1.82, 2.24) is 4.98 Å². The molecule has 1 amide bonds. The van der Waals surface area contributed by atoms with Crippen LogP contribution in [0.15, 0.2) is 12.3 Å². The highest BCUT2D eigenvalue weighted by Gasteiger charge is 2.25. The van der Waals surface area contributed by atoms with Crippen LogP contribution in [0.3, 0.4) is 0 Å². The Labute approximate surface area is 102 Å². The number of hydrogen-bond donors (Lipinski definition) is 2. The molecule has 92 valence electrons. The molecule has 1 aliphatic heterocycles. The molecule has 1 aromatic rings. The lowest BCUT2D eigenvalue weighted by Gasteiger charge is -2.25. The molecule has 0 saturated carbocycles. The normalized spacial score (nSPS) is 20.1. The molecular weight excluding hydrogens is 238 g/mol. The van der Waals surface area contributed by atoms with Gasteiger partial charge in [0.05, 0.1) is 5.69 Å². The van der Waals surface area contributed by atoms with E-state index in [0.717, 1.165) is 5.56 Å². The Balaban J connectivity index is 2.13. The van der Waals surface area contributed by atoms with E-state index in [1.54, 1.807) is 12.5 Å². The Bertz CT molecular complexity index is 476. The molecule has 2 N–H and O–H groups in total. The predicted octanol–water partition coefficient (Wildman–Crippen LogP) is 0.891. The minimum absolute atomic E-state index is 0.0876. The van der Waals surface area contributed by atoms with Gasteiger partial charge >= 0.3 is 0 Å². The second-order valence-electron chi connectivity index (χ2n) is 4.16. The largest absolute Gasteiger partial charge is 0.357 e. The van der Waals surface area contributed by atoms with Gasteiger partial charge in [-0.15, -0.1) is 0 Å². The molecule has 1 aliphatic rings. The number of fused-ring (bicyclic) bond motifs is 1. The first-order chi connectivity index (χ1) is 8.06. The van der Waals surface area contributed by atoms with Gasteiger partial charge < -0.3 is 10.6 Å². The van der Waals surface area contributed by atoms with Crippen molar-refractivity contribution in [2.45, 2.75) is 19.4 Å². The lowest BCUT2D eigenvalue weighted by atomic mass is 10.1. The number of carbonyl (C=O) groups is 1. The summed E-state index contributed by atoms with van der Waals surface area (Å²) in [6, 6.07) is 1.53. The Morgan fingerprint density at radius 3 is 3.00 bits per heavy atom. The van der Waals surface area contributed by atoms with Crippen molar-refractivity contribution in [3.8, 4) is 0 Å². The van der Waals surface area contributed by atoms with E-state index >= 15 is 0 Å². The van der Waals surface area contributed by atoms with E-state index in [1.165, 1.54) is 0 Å². The van der Waals surface area contributed by atoms with Gasteiger partial charge in [0.2, 0.25) is 5.91 Å². The van der Waals surface area contributed by atoms with Gasteiger partial charge in [-0.1, -0.05) is 0 Å². The van der Waals surface area contributed by atoms with Crippen LogP contribution in [0.1, 0.15) is 12.0 Å². The lowest BCUT2D eigenvalue weighted by Crippen LogP contribution is -2.40. The topological polar surface area (TPSA) is 71.1 Å². The molecule has 5 nitrogen and oxygen atoms in total. The predicted molar refractivity (Wildman–Crippen MR) is 68.6 cm³/mol. The van der Waals surface area contributed by atoms with Gasteiger partial charge in [-0.2, -0.15) is 0 Å². The van der Waals surface area contributed by atoms with Crippen LogP contribution in [0.2, 0.25) is 0 Å². The fourth-order valence-corrected chi connectivity index (χ4v) is 2.28. The van der Waals surface area contributed by atoms with Gasteiger partial charge in [0.1, 0.15) is 11.9 Å². The molecule has 17 heavy (non-hydrogen) atoms. The van der Waals surface area contributed by atoms with Gasteiger partial charge in [-0.25, -0.2) is 4.98 Å². The molecule has 0 aliphatic carbocycles. The van der Waals surface area contributed by atoms with Gasteiger partial charge in [0, 0.05) is 29.0 Å². The van der Waals surface area contributed by atoms with Crippen molar-refractivity contribution in [1.29, 1.82) is 0 Å². The number of nitrogens with zero attached hydrogens (tertiary/aromatic N) is 1. The monoisotopic (exact) mass is 253 g/mol. The molecule has 0 fully saturated rings. The lowest BCUT2D eigenvalue weighted by molar-refractivity contribution is -0.117. The highest BCUT2D eigenvalue weighted by atomic mass is 32.2. The summed E-state index contributed by atoms with van der Waals surface area (Å²) in [6.07, 6.45) is 3.93. The Morgan fingerprint density at radius 2 is 2.29 bits per heavy atom. The fraction of sp³-hybridized carbons (Fsp3) is 0.455. The van der Waals surface area contributed by atoms with Gasteiger partial charge in [0.15, 0.2) is 0 Å². The summed E-state index contributed by atoms with van der Waals surface area (Å²) in [5, 5.41) is 5.88. The van der Waals surface area contributed by atoms with Crippen LogP contribution in [0.5, 0.6) is 0 Å². The van der Waals surface area contributed by atoms with Gasteiger partial charge in [-0.05, 0) is 25.0 Å². The van der Waals surface area contributed by atoms with Crippen LogP contribution < -0.4 is 10.6 Å². The summed E-state index contributed by atoms with van der Waals surface area (Å²) in [7, 11) is -0.884. The Hall–Kier alpha value is -1.43. The van der Waals surface area contributed by atoms with E-state index in [1.807, 2.05) is 13.0 Å². The first-order valence-electron chi connectivity index (χ1n) is 5.40. The quantitative estimate of drug-likeness (QED) is 0.839. The highest BCUT2D eigenvalue weighted by molar-refractivity contribution is 7.84. The summed E-state index contributed by atoms with van der Waals surface area (Å²) in [4.78, 5) is 16.0. The zero-order valence-electron chi connectivity index (χ0n) is 9.82. The van der Waals surface area contributed by atoms with Gasteiger partial charge in [0.25, 0.3) is 0 Å². The molecule has 0 bridgehead atoms. The third-order valence-electron chi connectivity index (χ3n) is 2.60. The van der Waals surface area contributed by atoms with E-state index in [9.17, 15) is 9.00 Å². The van der Waals surface area contributed by atoms with Gasteiger partial charge in [-0.3, -0.25) is 9.00 Å². The summed E-state index contributed by atoms with van der Waals surface area (Å²) in [6.45, 7) is 1.92. The van der Waals surface area contributed by atoms with E-state index in [4.69, 9.17) is 0 Å². The number of anilines is 2. The second kappa shape index (κ2) is 4.83. The molecule has 0 aromatic carbocycles. The van der Waals surface area contributed by atoms with Crippen molar-refractivity contribution in [2.24, 2.45) is 0 Å². The maximum Gasteiger partial charge on any atom is 0.247 e. The van der Waals surface area contributed by atoms with E-state index in [0.29, 0.717) is 23.7 Å². The van der Waals surface area contributed by atoms with E-state index < -0.39 is 10.8 Å². The molecule has 0 spiro atoms. The summed E-state index contributed by atoms with van der Waals surface area (Å²) in [5.74, 6) is 1.10. The zero-order chi connectivity index (χ0) is 12.4. The van der Waals surface area contributed by atoms with Crippen LogP contribution in [0, 0.1) is 6.92 Å². The molecule has 2 atom stereocenters. The van der Waals surface area contributed by atoms with Crippen LogP contribution in [-0.4, -0.2) is 33.2 Å². The summed E-state index contributed by atoms with van der Waals surface area (Å²) < 4.78 is 11.0. The number of rotatable bonds is 3. The van der Waals surface area contributed by atoms with E-state index in [2.05, 4.69) is 15.6 Å². The first kappa shape index (κ1) is 12.0. The summed E-state index contributed by atoms with van der Waals surface area (Å²) in [5.41, 5.74) is 1.71. The number of aryl methyl sites for hydroxylation is 1. The Kier molecular flexibility index (Phi) is 3.42. The molecule has 0 saturated heterocycles. The van der Waals surface area contributed by atoms with Crippen LogP contribution >= 0.6 is 0 Å². The summed E-state index contributed by atoms with van der Waals surface area (Å²) >= 11 is 0. The van der Waals surface area contributed by atoms with Crippen molar-refractivity contribution in [2.75, 3.05) is 22.6 Å². The number of aromatic nitrogens is 1. The van der Waals surface area contributed by atoms with Crippen molar-refractivity contribution >= 4 is 28.2 Å². The molecule has 1 aromatic heterocycles. The standard InChI is InChI=1S/C11H15N3O2S/c1-7-5-9-10(12-6-7)13-8(11(15)14-9)3-4-17(2)16/h5-6,8H,3-4H2,1-2H3,(H,12,13)(H,14,15). The molecular formula is C11H15N3O2S. The highest BCUT2D eigenvalue weighted by Crippen LogP contribution is 2.25.